The van der Waals surface area contributed by atoms with Gasteiger partial charge in [0.1, 0.15) is 36.3 Å². The summed E-state index contributed by atoms with van der Waals surface area (Å²) in [5, 5.41) is 40.4. The van der Waals surface area contributed by atoms with Gasteiger partial charge in [-0.25, -0.2) is 4.39 Å². The number of nitrogens with zero attached hydrogens (tertiary/aromatic N) is 1. The van der Waals surface area contributed by atoms with Gasteiger partial charge in [0.25, 0.3) is 0 Å². The quantitative estimate of drug-likeness (QED) is 0.462. The number of aliphatic hydroxyl groups excluding tert-OH is 4. The van der Waals surface area contributed by atoms with Crippen molar-refractivity contribution in [2.75, 3.05) is 6.61 Å². The first-order valence-electron chi connectivity index (χ1n) is 9.66. The number of thiophene rings is 1. The molecule has 0 saturated carbocycles. The van der Waals surface area contributed by atoms with Crippen LogP contribution in [0.5, 0.6) is 0 Å². The Kier molecular flexibility index (Phi) is 6.68. The third-order valence-corrected chi connectivity index (χ3v) is 6.84. The van der Waals surface area contributed by atoms with E-state index >= 15 is 0 Å². The summed E-state index contributed by atoms with van der Waals surface area (Å²) in [6.45, 7) is -0.495. The lowest BCUT2D eigenvalue weighted by molar-refractivity contribution is -0.231. The van der Waals surface area contributed by atoms with Crippen LogP contribution in [0.1, 0.15) is 22.1 Å². The van der Waals surface area contributed by atoms with Crippen LogP contribution >= 0.6 is 22.9 Å². The van der Waals surface area contributed by atoms with Gasteiger partial charge in [0.05, 0.1) is 6.61 Å². The monoisotopic (exact) mass is 465 g/mol. The van der Waals surface area contributed by atoms with Gasteiger partial charge in [-0.3, -0.25) is 4.98 Å². The number of aromatic nitrogens is 1. The number of halogens is 2. The minimum atomic E-state index is -1.45. The Morgan fingerprint density at radius 1 is 1.06 bits per heavy atom. The second-order valence-electron chi connectivity index (χ2n) is 7.40. The highest BCUT2D eigenvalue weighted by atomic mass is 35.5. The molecule has 1 saturated heterocycles. The lowest BCUT2D eigenvalue weighted by Crippen LogP contribution is -2.55. The zero-order chi connectivity index (χ0) is 22.1. The Labute approximate surface area is 187 Å². The van der Waals surface area contributed by atoms with Crippen molar-refractivity contribution in [3.8, 4) is 10.4 Å². The molecule has 3 aromatic rings. The molecule has 31 heavy (non-hydrogen) atoms. The van der Waals surface area contributed by atoms with Gasteiger partial charge in [0.15, 0.2) is 0 Å². The summed E-state index contributed by atoms with van der Waals surface area (Å²) in [5.41, 5.74) is 1.75. The summed E-state index contributed by atoms with van der Waals surface area (Å²) in [4.78, 5) is 5.68. The van der Waals surface area contributed by atoms with Crippen LogP contribution in [0.3, 0.4) is 0 Å². The Morgan fingerprint density at radius 2 is 1.87 bits per heavy atom. The smallest absolute Gasteiger partial charge is 0.134 e. The fraction of sp³-hybridized carbons (Fsp3) is 0.318. The Hall–Kier alpha value is -1.91. The number of pyridine rings is 1. The molecule has 1 fully saturated rings. The maximum absolute atomic E-state index is 14.0. The van der Waals surface area contributed by atoms with Gasteiger partial charge >= 0.3 is 0 Å². The maximum atomic E-state index is 14.0. The number of benzene rings is 1. The Balaban J connectivity index is 1.59. The Morgan fingerprint density at radius 3 is 2.61 bits per heavy atom. The van der Waals surface area contributed by atoms with Crippen LogP contribution in [0.25, 0.3) is 10.4 Å². The first kappa shape index (κ1) is 22.3. The summed E-state index contributed by atoms with van der Waals surface area (Å²) >= 11 is 7.81. The first-order valence-corrected chi connectivity index (χ1v) is 10.9. The molecule has 4 rings (SSSR count). The molecule has 0 aliphatic carbocycles. The van der Waals surface area contributed by atoms with E-state index in [0.717, 1.165) is 15.3 Å². The lowest BCUT2D eigenvalue weighted by Gasteiger charge is -2.40. The molecule has 164 valence electrons. The molecule has 0 spiro atoms. The van der Waals surface area contributed by atoms with Crippen LogP contribution in [0.2, 0.25) is 5.02 Å². The van der Waals surface area contributed by atoms with E-state index in [-0.39, 0.29) is 5.82 Å². The third-order valence-electron chi connectivity index (χ3n) is 5.35. The largest absolute Gasteiger partial charge is 0.394 e. The highest BCUT2D eigenvalue weighted by molar-refractivity contribution is 7.15. The molecule has 0 radical (unpaired) electrons. The predicted molar refractivity (Wildman–Crippen MR) is 114 cm³/mol. The molecule has 3 heterocycles. The average Bonchev–Trinajstić information content (AvgIpc) is 3.23. The molecule has 1 aliphatic heterocycles. The second kappa shape index (κ2) is 9.30. The van der Waals surface area contributed by atoms with Crippen LogP contribution in [0.15, 0.2) is 48.8 Å². The van der Waals surface area contributed by atoms with Gasteiger partial charge in [0.2, 0.25) is 0 Å². The summed E-state index contributed by atoms with van der Waals surface area (Å²) in [5.74, 6) is -0.342. The van der Waals surface area contributed by atoms with Crippen LogP contribution in [-0.2, 0) is 11.2 Å². The van der Waals surface area contributed by atoms with Gasteiger partial charge in [0, 0.05) is 39.2 Å². The van der Waals surface area contributed by atoms with Crippen molar-refractivity contribution in [3.05, 3.63) is 75.6 Å². The molecule has 0 amide bonds. The normalized spacial score (nSPS) is 26.2. The fourth-order valence-electron chi connectivity index (χ4n) is 3.65. The standard InChI is InChI=1S/C22H21ClFNO5S/c23-15-3-1-11(22-21(29)20(28)19(27)17(10-26)30-22)7-12(15)8-13-2-4-18(31-13)14-9-25-6-5-16(14)24/h1-7,9,17,19-22,26-29H,8,10H2/t17-,19-,20+,21-,22+/m1/s1. The van der Waals surface area contributed by atoms with E-state index in [1.54, 1.807) is 18.2 Å². The second-order valence-corrected chi connectivity index (χ2v) is 8.97. The number of hydrogen-bond acceptors (Lipinski definition) is 7. The molecule has 4 N–H and O–H groups in total. The average molecular weight is 466 g/mol. The van der Waals surface area contributed by atoms with Gasteiger partial charge in [-0.05, 0) is 35.4 Å². The SMILES string of the molecule is OC[C@H]1O[C@@H](c2ccc(Cl)c(Cc3ccc(-c4cnccc4F)s3)c2)[C@H](O)[C@@H](O)[C@@H]1O. The molecular formula is C22H21ClFNO5S. The molecule has 1 aromatic carbocycles. The summed E-state index contributed by atoms with van der Waals surface area (Å²) < 4.78 is 19.7. The van der Waals surface area contributed by atoms with Crippen molar-refractivity contribution in [3.63, 3.8) is 0 Å². The molecule has 6 nitrogen and oxygen atoms in total. The zero-order valence-corrected chi connectivity index (χ0v) is 17.8. The summed E-state index contributed by atoms with van der Waals surface area (Å²) in [7, 11) is 0. The number of ether oxygens (including phenoxy) is 1. The minimum Gasteiger partial charge on any atom is -0.394 e. The van der Waals surface area contributed by atoms with E-state index in [1.165, 1.54) is 29.8 Å². The van der Waals surface area contributed by atoms with Crippen molar-refractivity contribution >= 4 is 22.9 Å². The molecule has 9 heteroatoms. The zero-order valence-electron chi connectivity index (χ0n) is 16.2. The number of aliphatic hydroxyl groups is 4. The van der Waals surface area contributed by atoms with Crippen molar-refractivity contribution in [1.82, 2.24) is 4.98 Å². The van der Waals surface area contributed by atoms with Crippen molar-refractivity contribution in [1.29, 1.82) is 0 Å². The topological polar surface area (TPSA) is 103 Å². The van der Waals surface area contributed by atoms with Crippen LogP contribution in [0.4, 0.5) is 4.39 Å². The third kappa shape index (κ3) is 4.51. The van der Waals surface area contributed by atoms with Gasteiger partial charge in [-0.15, -0.1) is 11.3 Å². The van der Waals surface area contributed by atoms with Crippen molar-refractivity contribution in [2.24, 2.45) is 0 Å². The summed E-state index contributed by atoms with van der Waals surface area (Å²) in [6.07, 6.45) is -2.81. The van der Waals surface area contributed by atoms with E-state index in [4.69, 9.17) is 16.3 Å². The molecular weight excluding hydrogens is 445 g/mol. The highest BCUT2D eigenvalue weighted by Gasteiger charge is 2.44. The number of hydrogen-bond donors (Lipinski definition) is 4. The molecule has 0 bridgehead atoms. The number of rotatable bonds is 5. The maximum Gasteiger partial charge on any atom is 0.134 e. The van der Waals surface area contributed by atoms with Gasteiger partial charge < -0.3 is 25.2 Å². The van der Waals surface area contributed by atoms with Crippen LogP contribution < -0.4 is 0 Å². The van der Waals surface area contributed by atoms with Crippen molar-refractivity contribution < 1.29 is 29.6 Å². The predicted octanol–water partition coefficient (Wildman–Crippen LogP) is 2.71. The highest BCUT2D eigenvalue weighted by Crippen LogP contribution is 2.36. The van der Waals surface area contributed by atoms with E-state index in [2.05, 4.69) is 4.98 Å². The van der Waals surface area contributed by atoms with E-state index in [0.29, 0.717) is 22.6 Å². The minimum absolute atomic E-state index is 0.342. The Bertz CT molecular complexity index is 1060. The lowest BCUT2D eigenvalue weighted by atomic mass is 9.90. The summed E-state index contributed by atoms with van der Waals surface area (Å²) in [6, 6.07) is 10.1. The molecule has 0 unspecified atom stereocenters. The van der Waals surface area contributed by atoms with E-state index in [9.17, 15) is 24.8 Å². The van der Waals surface area contributed by atoms with Crippen LogP contribution in [-0.4, -0.2) is 56.4 Å². The molecule has 5 atom stereocenters. The van der Waals surface area contributed by atoms with E-state index < -0.39 is 37.1 Å². The van der Waals surface area contributed by atoms with Crippen molar-refractivity contribution in [2.45, 2.75) is 36.9 Å². The molecule has 2 aromatic heterocycles. The van der Waals surface area contributed by atoms with Gasteiger partial charge in [-0.2, -0.15) is 0 Å². The fourth-order valence-corrected chi connectivity index (χ4v) is 4.88. The molecule has 1 aliphatic rings. The van der Waals surface area contributed by atoms with Gasteiger partial charge in [-0.1, -0.05) is 23.7 Å². The van der Waals surface area contributed by atoms with Crippen LogP contribution in [0, 0.1) is 5.82 Å². The van der Waals surface area contributed by atoms with E-state index in [1.807, 2.05) is 12.1 Å². The first-order chi connectivity index (χ1) is 14.9.